The lowest BCUT2D eigenvalue weighted by Crippen LogP contribution is -1.82. The lowest BCUT2D eigenvalue weighted by molar-refractivity contribution is 1.11. The van der Waals surface area contributed by atoms with Gasteiger partial charge in [0.2, 0.25) is 0 Å². The Hall–Kier alpha value is -1.30. The minimum absolute atomic E-state index is 1.02. The molecule has 1 rings (SSSR count). The number of hydrogen-bond acceptors (Lipinski definition) is 0. The molecule has 0 fully saturated rings. The van der Waals surface area contributed by atoms with Gasteiger partial charge < -0.3 is 0 Å². The van der Waals surface area contributed by atoms with Crippen LogP contribution >= 0.6 is 0 Å². The van der Waals surface area contributed by atoms with Crippen molar-refractivity contribution in [3.8, 4) is 0 Å². The molecule has 0 aromatic heterocycles. The van der Waals surface area contributed by atoms with Crippen LogP contribution in [0.1, 0.15) is 38.8 Å². The predicted octanol–water partition coefficient (Wildman–Crippen LogP) is 5.33. The molecular weight excluding hydrogens is 192 g/mol. The van der Waals surface area contributed by atoms with Gasteiger partial charge >= 0.3 is 0 Å². The van der Waals surface area contributed by atoms with Gasteiger partial charge in [-0.25, -0.2) is 0 Å². The molecule has 0 N–H and O–H groups in total. The molecule has 1 aromatic rings. The van der Waals surface area contributed by atoms with E-state index in [1.807, 2.05) is 20.8 Å². The first kappa shape index (κ1) is 17.1. The van der Waals surface area contributed by atoms with E-state index >= 15 is 0 Å². The van der Waals surface area contributed by atoms with Gasteiger partial charge in [-0.1, -0.05) is 69.8 Å². The fourth-order valence-electron chi connectivity index (χ4n) is 1.01. The average molecular weight is 218 g/mol. The fraction of sp³-hybridized carbons (Fsp3) is 0.375. The van der Waals surface area contributed by atoms with Crippen molar-refractivity contribution in [2.24, 2.45) is 0 Å². The topological polar surface area (TPSA) is 0 Å². The molecule has 0 amide bonds. The number of allylic oxidation sites excluding steroid dienone is 2. The first-order valence-corrected chi connectivity index (χ1v) is 5.94. The molecule has 0 aliphatic rings. The van der Waals surface area contributed by atoms with E-state index in [0.29, 0.717) is 0 Å². The molecule has 0 nitrogen and oxygen atoms in total. The molecular formula is C16H26. The SMILES string of the molecule is C=CC(=C)C.CC.CCc1ccccc1C. The maximum atomic E-state index is 3.56. The molecule has 0 heteroatoms. The summed E-state index contributed by atoms with van der Waals surface area (Å²) in [6.45, 7) is 17.3. The van der Waals surface area contributed by atoms with Crippen LogP contribution in [0.3, 0.4) is 0 Å². The number of hydrogen-bond donors (Lipinski definition) is 0. The van der Waals surface area contributed by atoms with E-state index in [-0.39, 0.29) is 0 Å². The maximum absolute atomic E-state index is 3.56. The zero-order valence-corrected chi connectivity index (χ0v) is 11.5. The summed E-state index contributed by atoms with van der Waals surface area (Å²) < 4.78 is 0. The summed E-state index contributed by atoms with van der Waals surface area (Å²) in [5.74, 6) is 0. The molecule has 0 aliphatic carbocycles. The second kappa shape index (κ2) is 11.8. The van der Waals surface area contributed by atoms with Gasteiger partial charge in [-0.2, -0.15) is 0 Å². The Bertz CT molecular complexity index is 295. The van der Waals surface area contributed by atoms with Crippen LogP contribution in [0.4, 0.5) is 0 Å². The molecule has 0 unspecified atom stereocenters. The highest BCUT2D eigenvalue weighted by molar-refractivity contribution is 5.24. The standard InChI is InChI=1S/C9H12.C5H8.C2H6/c1-3-9-7-5-4-6-8(9)2;1-4-5(2)3;1-2/h4-7H,3H2,1-2H3;4H,1-2H2,3H3;1-2H3. The Morgan fingerprint density at radius 1 is 1.25 bits per heavy atom. The summed E-state index contributed by atoms with van der Waals surface area (Å²) in [7, 11) is 0. The minimum atomic E-state index is 1.02. The summed E-state index contributed by atoms with van der Waals surface area (Å²) >= 11 is 0. The Morgan fingerprint density at radius 3 is 1.94 bits per heavy atom. The second-order valence-corrected chi connectivity index (χ2v) is 3.33. The van der Waals surface area contributed by atoms with Crippen molar-refractivity contribution in [2.45, 2.75) is 41.0 Å². The lowest BCUT2D eigenvalue weighted by Gasteiger charge is -1.98. The third-order valence-electron chi connectivity index (χ3n) is 1.99. The van der Waals surface area contributed by atoms with Crippen LogP contribution in [-0.2, 0) is 6.42 Å². The van der Waals surface area contributed by atoms with Gasteiger partial charge in [-0.15, -0.1) is 0 Å². The molecule has 0 spiro atoms. The third kappa shape index (κ3) is 9.26. The van der Waals surface area contributed by atoms with Crippen molar-refractivity contribution in [3.63, 3.8) is 0 Å². The first-order chi connectivity index (χ1) is 7.61. The van der Waals surface area contributed by atoms with E-state index in [0.717, 1.165) is 12.0 Å². The van der Waals surface area contributed by atoms with Crippen LogP contribution in [0.15, 0.2) is 49.1 Å². The maximum Gasteiger partial charge on any atom is -0.0305 e. The third-order valence-corrected chi connectivity index (χ3v) is 1.99. The highest BCUT2D eigenvalue weighted by Crippen LogP contribution is 2.06. The van der Waals surface area contributed by atoms with E-state index < -0.39 is 0 Å². The van der Waals surface area contributed by atoms with Crippen molar-refractivity contribution in [3.05, 3.63) is 60.2 Å². The summed E-state index contributed by atoms with van der Waals surface area (Å²) in [5, 5.41) is 0. The normalized spacial score (nSPS) is 7.81. The Balaban J connectivity index is 0. The quantitative estimate of drug-likeness (QED) is 0.588. The summed E-state index contributed by atoms with van der Waals surface area (Å²) in [6, 6.07) is 8.49. The first-order valence-electron chi connectivity index (χ1n) is 5.94. The van der Waals surface area contributed by atoms with Crippen LogP contribution in [-0.4, -0.2) is 0 Å². The Morgan fingerprint density at radius 2 is 1.69 bits per heavy atom. The molecule has 0 aliphatic heterocycles. The van der Waals surface area contributed by atoms with Crippen molar-refractivity contribution in [2.75, 3.05) is 0 Å². The molecule has 0 saturated heterocycles. The summed E-state index contributed by atoms with van der Waals surface area (Å²) in [4.78, 5) is 0. The van der Waals surface area contributed by atoms with Crippen molar-refractivity contribution < 1.29 is 0 Å². The summed E-state index contributed by atoms with van der Waals surface area (Å²) in [5.41, 5.74) is 3.88. The van der Waals surface area contributed by atoms with Crippen LogP contribution < -0.4 is 0 Å². The predicted molar refractivity (Wildman–Crippen MR) is 76.9 cm³/mol. The number of aryl methyl sites for hydroxylation is 2. The molecule has 0 heterocycles. The van der Waals surface area contributed by atoms with Gasteiger partial charge in [-0.3, -0.25) is 0 Å². The van der Waals surface area contributed by atoms with Gasteiger partial charge in [0.15, 0.2) is 0 Å². The summed E-state index contributed by atoms with van der Waals surface area (Å²) in [6.07, 6.45) is 2.87. The highest BCUT2D eigenvalue weighted by atomic mass is 13.9. The monoisotopic (exact) mass is 218 g/mol. The zero-order chi connectivity index (χ0) is 13.0. The van der Waals surface area contributed by atoms with E-state index in [1.165, 1.54) is 11.1 Å². The van der Waals surface area contributed by atoms with Gasteiger partial charge in [0.25, 0.3) is 0 Å². The van der Waals surface area contributed by atoms with Crippen LogP contribution in [0.5, 0.6) is 0 Å². The minimum Gasteiger partial charge on any atom is -0.0988 e. The number of benzene rings is 1. The van der Waals surface area contributed by atoms with E-state index in [1.54, 1.807) is 6.08 Å². The molecule has 0 radical (unpaired) electrons. The Labute approximate surface area is 102 Å². The van der Waals surface area contributed by atoms with Crippen molar-refractivity contribution >= 4 is 0 Å². The molecule has 0 bridgehead atoms. The van der Waals surface area contributed by atoms with Gasteiger partial charge in [0.1, 0.15) is 0 Å². The highest BCUT2D eigenvalue weighted by Gasteiger charge is 1.89. The van der Waals surface area contributed by atoms with E-state index in [2.05, 4.69) is 51.3 Å². The van der Waals surface area contributed by atoms with Crippen molar-refractivity contribution in [1.29, 1.82) is 0 Å². The molecule has 16 heavy (non-hydrogen) atoms. The number of rotatable bonds is 2. The fourth-order valence-corrected chi connectivity index (χ4v) is 1.01. The van der Waals surface area contributed by atoms with E-state index in [4.69, 9.17) is 0 Å². The zero-order valence-electron chi connectivity index (χ0n) is 11.5. The van der Waals surface area contributed by atoms with Crippen LogP contribution in [0.25, 0.3) is 0 Å². The smallest absolute Gasteiger partial charge is 0.0305 e. The van der Waals surface area contributed by atoms with Crippen LogP contribution in [0.2, 0.25) is 0 Å². The van der Waals surface area contributed by atoms with Gasteiger partial charge in [0.05, 0.1) is 0 Å². The van der Waals surface area contributed by atoms with E-state index in [9.17, 15) is 0 Å². The lowest BCUT2D eigenvalue weighted by atomic mass is 10.1. The molecule has 1 aromatic carbocycles. The van der Waals surface area contributed by atoms with Gasteiger partial charge in [-0.05, 0) is 31.4 Å². The van der Waals surface area contributed by atoms with Crippen LogP contribution in [0, 0.1) is 6.92 Å². The largest absolute Gasteiger partial charge is 0.0988 e. The second-order valence-electron chi connectivity index (χ2n) is 3.33. The van der Waals surface area contributed by atoms with Crippen molar-refractivity contribution in [1.82, 2.24) is 0 Å². The molecule has 90 valence electrons. The average Bonchev–Trinajstić information content (AvgIpc) is 2.33. The Kier molecular flexibility index (Phi) is 12.6. The molecule has 0 saturated carbocycles. The van der Waals surface area contributed by atoms with Gasteiger partial charge in [0, 0.05) is 0 Å². The molecule has 0 atom stereocenters.